The predicted molar refractivity (Wildman–Crippen MR) is 92.8 cm³/mol. The summed E-state index contributed by atoms with van der Waals surface area (Å²) in [6.45, 7) is 10.9. The van der Waals surface area contributed by atoms with E-state index in [2.05, 4.69) is 32.2 Å². The van der Waals surface area contributed by atoms with Crippen molar-refractivity contribution in [2.24, 2.45) is 0 Å². The summed E-state index contributed by atoms with van der Waals surface area (Å²) in [5.41, 5.74) is 1.39. The van der Waals surface area contributed by atoms with Gasteiger partial charge in [-0.2, -0.15) is 0 Å². The van der Waals surface area contributed by atoms with Gasteiger partial charge in [0, 0.05) is 0 Å². The molecule has 0 heterocycles. The molecular weight excluding hydrogens is 298 g/mol. The van der Waals surface area contributed by atoms with Crippen molar-refractivity contribution < 1.29 is 15.2 Å². The van der Waals surface area contributed by atoms with E-state index in [1.807, 2.05) is 19.1 Å². The fourth-order valence-electron chi connectivity index (χ4n) is 2.17. The summed E-state index contributed by atoms with van der Waals surface area (Å²) in [4.78, 5) is 0. The second-order valence-corrected chi connectivity index (χ2v) is 7.01. The van der Waals surface area contributed by atoms with Gasteiger partial charge in [0.15, 0.2) is 0 Å². The molecule has 0 amide bonds. The molecule has 0 spiro atoms. The fourth-order valence-corrected chi connectivity index (χ4v) is 2.41. The number of hydrogen-bond donors (Lipinski definition) is 2. The van der Waals surface area contributed by atoms with Crippen LogP contribution in [0.15, 0.2) is 18.2 Å². The molecule has 0 saturated heterocycles. The molecule has 0 radical (unpaired) electrons. The van der Waals surface area contributed by atoms with E-state index >= 15 is 0 Å². The Morgan fingerprint density at radius 1 is 1.32 bits per heavy atom. The number of hydrogen-bond acceptors (Lipinski definition) is 2. The molecule has 3 nitrogen and oxygen atoms in total. The van der Waals surface area contributed by atoms with Crippen LogP contribution in [0.1, 0.15) is 52.5 Å². The summed E-state index contributed by atoms with van der Waals surface area (Å²) in [5.74, 6) is 0.769. The zero-order valence-electron chi connectivity index (χ0n) is 14.4. The maximum atomic E-state index is 9.16. The monoisotopic (exact) mass is 328 g/mol. The molecule has 1 rings (SSSR count). The number of aliphatic hydroxyl groups excluding tert-OH is 1. The predicted octanol–water partition coefficient (Wildman–Crippen LogP) is 3.13. The summed E-state index contributed by atoms with van der Waals surface area (Å²) in [6.07, 6.45) is 2.91. The lowest BCUT2D eigenvalue weighted by Gasteiger charge is -2.24. The zero-order valence-corrected chi connectivity index (χ0v) is 15.1. The third kappa shape index (κ3) is 6.55. The first-order valence-electron chi connectivity index (χ1n) is 8.29. The van der Waals surface area contributed by atoms with Crippen molar-refractivity contribution in [3.05, 3.63) is 28.8 Å². The van der Waals surface area contributed by atoms with Crippen molar-refractivity contribution in [1.82, 2.24) is 0 Å². The minimum absolute atomic E-state index is 0.141. The molecule has 1 atom stereocenters. The highest BCUT2D eigenvalue weighted by Gasteiger charge is 2.19. The van der Waals surface area contributed by atoms with E-state index < -0.39 is 0 Å². The number of ether oxygens (including phenoxy) is 1. The van der Waals surface area contributed by atoms with Gasteiger partial charge in [0.1, 0.15) is 12.3 Å². The average molecular weight is 329 g/mol. The molecule has 0 saturated carbocycles. The number of unbranched alkanes of at least 4 members (excludes halogenated alkanes) is 1. The van der Waals surface area contributed by atoms with Gasteiger partial charge in [-0.05, 0) is 49.3 Å². The highest BCUT2D eigenvalue weighted by atomic mass is 35.5. The molecule has 4 heteroatoms. The Kier molecular flexibility index (Phi) is 8.23. The van der Waals surface area contributed by atoms with Gasteiger partial charge in [-0.1, -0.05) is 38.4 Å². The second-order valence-electron chi connectivity index (χ2n) is 6.60. The van der Waals surface area contributed by atoms with E-state index in [-0.39, 0.29) is 11.5 Å². The van der Waals surface area contributed by atoms with E-state index in [0.29, 0.717) is 11.6 Å². The number of halogens is 1. The quantitative estimate of drug-likeness (QED) is 0.648. The van der Waals surface area contributed by atoms with Crippen LogP contribution in [-0.2, 0) is 5.41 Å². The van der Waals surface area contributed by atoms with Crippen molar-refractivity contribution in [2.75, 3.05) is 19.7 Å². The summed E-state index contributed by atoms with van der Waals surface area (Å²) in [5, 5.41) is 12.0. The maximum Gasteiger partial charge on any atom is 0.137 e. The lowest BCUT2D eigenvalue weighted by atomic mass is 9.82. The van der Waals surface area contributed by atoms with Gasteiger partial charge in [-0.3, -0.25) is 0 Å². The van der Waals surface area contributed by atoms with Crippen LogP contribution in [0.3, 0.4) is 0 Å². The van der Waals surface area contributed by atoms with Crippen LogP contribution in [0.4, 0.5) is 0 Å². The van der Waals surface area contributed by atoms with Crippen LogP contribution < -0.4 is 10.1 Å². The van der Waals surface area contributed by atoms with Gasteiger partial charge < -0.3 is 15.2 Å². The topological polar surface area (TPSA) is 46.1 Å². The summed E-state index contributed by atoms with van der Waals surface area (Å²) >= 11 is 6.33. The third-order valence-electron chi connectivity index (χ3n) is 4.17. The highest BCUT2D eigenvalue weighted by Crippen LogP contribution is 2.33. The van der Waals surface area contributed by atoms with Gasteiger partial charge in [0.2, 0.25) is 0 Å². The van der Waals surface area contributed by atoms with Crippen molar-refractivity contribution >= 4 is 11.6 Å². The Bertz CT molecular complexity index is 447. The van der Waals surface area contributed by atoms with Gasteiger partial charge in [0.25, 0.3) is 0 Å². The van der Waals surface area contributed by atoms with Gasteiger partial charge in [-0.25, -0.2) is 0 Å². The first-order chi connectivity index (χ1) is 10.4. The van der Waals surface area contributed by atoms with Gasteiger partial charge in [-0.15, -0.1) is 0 Å². The molecule has 0 unspecified atom stereocenters. The lowest BCUT2D eigenvalue weighted by molar-refractivity contribution is -0.660. The van der Waals surface area contributed by atoms with E-state index in [1.165, 1.54) is 5.56 Å². The Labute approximate surface area is 140 Å². The van der Waals surface area contributed by atoms with Crippen molar-refractivity contribution in [1.29, 1.82) is 0 Å². The molecule has 0 aromatic heterocycles. The standard InChI is InChI=1S/C18H30ClNO2/c1-5-18(3,4)15-8-9-17(16(19)12-15)22-11-7-6-10-20-13-14(2)21/h8-9,12,14,20-21H,5-7,10-11,13H2,1-4H3/p+1/t14-/m1/s1. The molecule has 0 aliphatic carbocycles. The number of benzene rings is 1. The molecule has 0 fully saturated rings. The summed E-state index contributed by atoms with van der Waals surface area (Å²) < 4.78 is 5.77. The lowest BCUT2D eigenvalue weighted by Crippen LogP contribution is -2.86. The van der Waals surface area contributed by atoms with Gasteiger partial charge >= 0.3 is 0 Å². The van der Waals surface area contributed by atoms with Crippen LogP contribution in [0.5, 0.6) is 5.75 Å². The minimum Gasteiger partial charge on any atom is -0.492 e. The van der Waals surface area contributed by atoms with Crippen LogP contribution in [0.25, 0.3) is 0 Å². The Balaban J connectivity index is 2.35. The molecule has 126 valence electrons. The van der Waals surface area contributed by atoms with Crippen molar-refractivity contribution in [2.45, 2.75) is 58.5 Å². The highest BCUT2D eigenvalue weighted by molar-refractivity contribution is 6.32. The zero-order chi connectivity index (χ0) is 16.6. The number of quaternary nitrogens is 1. The molecule has 1 aromatic carbocycles. The molecule has 0 aliphatic heterocycles. The maximum absolute atomic E-state index is 9.16. The van der Waals surface area contributed by atoms with E-state index in [0.717, 1.165) is 38.1 Å². The Hall–Kier alpha value is -0.770. The van der Waals surface area contributed by atoms with E-state index in [1.54, 1.807) is 0 Å². The van der Waals surface area contributed by atoms with Crippen LogP contribution in [0, 0.1) is 0 Å². The molecule has 0 aliphatic rings. The smallest absolute Gasteiger partial charge is 0.137 e. The van der Waals surface area contributed by atoms with Gasteiger partial charge in [0.05, 0.1) is 24.3 Å². The first-order valence-corrected chi connectivity index (χ1v) is 8.67. The molecule has 0 bridgehead atoms. The van der Waals surface area contributed by atoms with Crippen molar-refractivity contribution in [3.63, 3.8) is 0 Å². The fraction of sp³-hybridized carbons (Fsp3) is 0.667. The number of nitrogens with two attached hydrogens (primary N) is 1. The molecule has 22 heavy (non-hydrogen) atoms. The van der Waals surface area contributed by atoms with Crippen LogP contribution in [-0.4, -0.2) is 30.9 Å². The Morgan fingerprint density at radius 2 is 2.05 bits per heavy atom. The SMILES string of the molecule is CCC(C)(C)c1ccc(OCCCC[NH2+]C[C@@H](C)O)c(Cl)c1. The minimum atomic E-state index is -0.235. The molecule has 3 N–H and O–H groups in total. The van der Waals surface area contributed by atoms with E-state index in [9.17, 15) is 0 Å². The normalized spacial score (nSPS) is 13.2. The third-order valence-corrected chi connectivity index (χ3v) is 4.46. The second kappa shape index (κ2) is 9.39. The molecular formula is C18H31ClNO2+. The number of rotatable bonds is 10. The summed E-state index contributed by atoms with van der Waals surface area (Å²) in [7, 11) is 0. The van der Waals surface area contributed by atoms with Crippen LogP contribution in [0.2, 0.25) is 5.02 Å². The first kappa shape index (κ1) is 19.3. The Morgan fingerprint density at radius 3 is 2.64 bits per heavy atom. The van der Waals surface area contributed by atoms with Crippen LogP contribution >= 0.6 is 11.6 Å². The summed E-state index contributed by atoms with van der Waals surface area (Å²) in [6, 6.07) is 6.12. The largest absolute Gasteiger partial charge is 0.492 e. The average Bonchev–Trinajstić information content (AvgIpc) is 2.47. The van der Waals surface area contributed by atoms with Crippen molar-refractivity contribution in [3.8, 4) is 5.75 Å². The number of aliphatic hydroxyl groups is 1. The van der Waals surface area contributed by atoms with E-state index in [4.69, 9.17) is 21.4 Å². The molecule has 1 aromatic rings.